The van der Waals surface area contributed by atoms with Gasteiger partial charge in [0.1, 0.15) is 24.2 Å². The Morgan fingerprint density at radius 2 is 1.95 bits per heavy atom. The number of aliphatic hydroxyl groups is 1. The Kier molecular flexibility index (Phi) is 6.53. The predicted molar refractivity (Wildman–Crippen MR) is 75.5 cm³/mol. The van der Waals surface area contributed by atoms with Gasteiger partial charge in [-0.1, -0.05) is 26.0 Å². The third kappa shape index (κ3) is 6.94. The summed E-state index contributed by atoms with van der Waals surface area (Å²) in [5.41, 5.74) is 0.974. The van der Waals surface area contributed by atoms with Crippen LogP contribution in [0.5, 0.6) is 5.75 Å². The SMILES string of the molecule is CC(=O)Cc1ccc(OCC(O)CNC(C)C)cc1. The molecule has 0 amide bonds. The van der Waals surface area contributed by atoms with Crippen molar-refractivity contribution in [3.8, 4) is 5.75 Å². The maximum Gasteiger partial charge on any atom is 0.134 e. The monoisotopic (exact) mass is 265 g/mol. The number of rotatable bonds is 8. The molecule has 0 spiro atoms. The van der Waals surface area contributed by atoms with Gasteiger partial charge in [-0.2, -0.15) is 0 Å². The number of Topliss-reactive ketones (excluding diaryl/α,β-unsaturated/α-hetero) is 1. The lowest BCUT2D eigenvalue weighted by molar-refractivity contribution is -0.116. The van der Waals surface area contributed by atoms with Crippen molar-refractivity contribution in [1.82, 2.24) is 5.32 Å². The Hall–Kier alpha value is -1.39. The van der Waals surface area contributed by atoms with Crippen LogP contribution < -0.4 is 10.1 Å². The molecule has 0 aliphatic heterocycles. The fourth-order valence-corrected chi connectivity index (χ4v) is 1.61. The van der Waals surface area contributed by atoms with Crippen LogP contribution in [0.2, 0.25) is 0 Å². The van der Waals surface area contributed by atoms with E-state index in [1.807, 2.05) is 38.1 Å². The van der Waals surface area contributed by atoms with Crippen molar-refractivity contribution in [2.75, 3.05) is 13.2 Å². The second-order valence-corrected chi connectivity index (χ2v) is 5.05. The van der Waals surface area contributed by atoms with Gasteiger partial charge < -0.3 is 15.2 Å². The first-order valence-electron chi connectivity index (χ1n) is 6.60. The van der Waals surface area contributed by atoms with Crippen molar-refractivity contribution >= 4 is 5.78 Å². The topological polar surface area (TPSA) is 58.6 Å². The number of nitrogens with one attached hydrogen (secondary N) is 1. The van der Waals surface area contributed by atoms with Gasteiger partial charge in [0.2, 0.25) is 0 Å². The molecule has 1 aromatic carbocycles. The van der Waals surface area contributed by atoms with Crippen molar-refractivity contribution in [3.63, 3.8) is 0 Å². The summed E-state index contributed by atoms with van der Waals surface area (Å²) in [4.78, 5) is 11.0. The summed E-state index contributed by atoms with van der Waals surface area (Å²) in [6.07, 6.45) is -0.0828. The first kappa shape index (κ1) is 15.7. The van der Waals surface area contributed by atoms with Gasteiger partial charge in [0.25, 0.3) is 0 Å². The van der Waals surface area contributed by atoms with Crippen LogP contribution in [0.4, 0.5) is 0 Å². The van der Waals surface area contributed by atoms with E-state index in [0.717, 1.165) is 5.56 Å². The van der Waals surface area contributed by atoms with Crippen molar-refractivity contribution < 1.29 is 14.6 Å². The van der Waals surface area contributed by atoms with Gasteiger partial charge >= 0.3 is 0 Å². The van der Waals surface area contributed by atoms with Crippen molar-refractivity contribution in [2.45, 2.75) is 39.3 Å². The summed E-state index contributed by atoms with van der Waals surface area (Å²) < 4.78 is 5.49. The molecule has 0 aliphatic carbocycles. The van der Waals surface area contributed by atoms with Crippen LogP contribution in [-0.4, -0.2) is 36.2 Å². The first-order valence-corrected chi connectivity index (χ1v) is 6.60. The number of hydrogen-bond donors (Lipinski definition) is 2. The minimum atomic E-state index is -0.528. The fourth-order valence-electron chi connectivity index (χ4n) is 1.61. The summed E-state index contributed by atoms with van der Waals surface area (Å²) in [6.45, 7) is 6.40. The van der Waals surface area contributed by atoms with Gasteiger partial charge in [0.05, 0.1) is 0 Å². The molecular weight excluding hydrogens is 242 g/mol. The lowest BCUT2D eigenvalue weighted by Crippen LogP contribution is -2.35. The smallest absolute Gasteiger partial charge is 0.134 e. The number of ketones is 1. The van der Waals surface area contributed by atoms with Crippen LogP contribution in [0.25, 0.3) is 0 Å². The highest BCUT2D eigenvalue weighted by Crippen LogP contribution is 2.13. The van der Waals surface area contributed by atoms with Crippen LogP contribution >= 0.6 is 0 Å². The zero-order valence-corrected chi connectivity index (χ0v) is 11.8. The van der Waals surface area contributed by atoms with Crippen LogP contribution in [-0.2, 0) is 11.2 Å². The minimum absolute atomic E-state index is 0.142. The van der Waals surface area contributed by atoms with Crippen LogP contribution in [0, 0.1) is 0 Å². The molecule has 106 valence electrons. The highest BCUT2D eigenvalue weighted by molar-refractivity contribution is 5.78. The number of hydrogen-bond acceptors (Lipinski definition) is 4. The standard InChI is InChI=1S/C15H23NO3/c1-11(2)16-9-14(18)10-19-15-6-4-13(5-7-15)8-12(3)17/h4-7,11,14,16,18H,8-10H2,1-3H3. The van der Waals surface area contributed by atoms with E-state index in [2.05, 4.69) is 5.32 Å². The van der Waals surface area contributed by atoms with Gasteiger partial charge in [0, 0.05) is 19.0 Å². The van der Waals surface area contributed by atoms with Gasteiger partial charge in [-0.15, -0.1) is 0 Å². The minimum Gasteiger partial charge on any atom is -0.491 e. The number of aliphatic hydroxyl groups excluding tert-OH is 1. The van der Waals surface area contributed by atoms with E-state index in [-0.39, 0.29) is 12.4 Å². The number of carbonyl (C=O) groups excluding carboxylic acids is 1. The molecule has 19 heavy (non-hydrogen) atoms. The molecule has 0 saturated heterocycles. The Bertz CT molecular complexity index is 387. The zero-order valence-electron chi connectivity index (χ0n) is 11.8. The van der Waals surface area contributed by atoms with E-state index in [1.165, 1.54) is 0 Å². The molecule has 2 N–H and O–H groups in total. The van der Waals surface area contributed by atoms with Gasteiger partial charge in [-0.3, -0.25) is 4.79 Å². The van der Waals surface area contributed by atoms with Crippen molar-refractivity contribution in [2.24, 2.45) is 0 Å². The molecule has 1 rings (SSSR count). The van der Waals surface area contributed by atoms with E-state index in [4.69, 9.17) is 4.74 Å². The van der Waals surface area contributed by atoms with Gasteiger partial charge in [-0.05, 0) is 24.6 Å². The number of ether oxygens (including phenoxy) is 1. The third-order valence-corrected chi connectivity index (χ3v) is 2.58. The normalized spacial score (nSPS) is 12.5. The largest absolute Gasteiger partial charge is 0.491 e. The first-order chi connectivity index (χ1) is 8.97. The molecule has 0 saturated carbocycles. The summed E-state index contributed by atoms with van der Waals surface area (Å²) >= 11 is 0. The Labute approximate surface area is 114 Å². The second-order valence-electron chi connectivity index (χ2n) is 5.05. The zero-order chi connectivity index (χ0) is 14.3. The summed E-state index contributed by atoms with van der Waals surface area (Å²) in [7, 11) is 0. The fraction of sp³-hybridized carbons (Fsp3) is 0.533. The maximum absolute atomic E-state index is 11.0. The molecule has 0 aromatic heterocycles. The second kappa shape index (κ2) is 7.92. The highest BCUT2D eigenvalue weighted by atomic mass is 16.5. The summed E-state index contributed by atoms with van der Waals surface area (Å²) in [6, 6.07) is 7.73. The van der Waals surface area contributed by atoms with Crippen molar-refractivity contribution in [3.05, 3.63) is 29.8 Å². The number of carbonyl (C=O) groups is 1. The molecule has 1 aromatic rings. The van der Waals surface area contributed by atoms with Gasteiger partial charge in [-0.25, -0.2) is 0 Å². The third-order valence-electron chi connectivity index (χ3n) is 2.58. The van der Waals surface area contributed by atoms with E-state index >= 15 is 0 Å². The molecular formula is C15H23NO3. The molecule has 0 bridgehead atoms. The molecule has 4 heteroatoms. The Balaban J connectivity index is 2.35. The average Bonchev–Trinajstić information content (AvgIpc) is 2.35. The lowest BCUT2D eigenvalue weighted by atomic mass is 10.1. The van der Waals surface area contributed by atoms with Gasteiger partial charge in [0.15, 0.2) is 0 Å². The lowest BCUT2D eigenvalue weighted by Gasteiger charge is -2.15. The molecule has 0 heterocycles. The molecule has 4 nitrogen and oxygen atoms in total. The van der Waals surface area contributed by atoms with E-state index < -0.39 is 6.10 Å². The van der Waals surface area contributed by atoms with E-state index in [9.17, 15) is 9.90 Å². The molecule has 0 radical (unpaired) electrons. The average molecular weight is 265 g/mol. The predicted octanol–water partition coefficient (Wildman–Crippen LogP) is 1.56. The molecule has 0 fully saturated rings. The van der Waals surface area contributed by atoms with Crippen LogP contribution in [0.15, 0.2) is 24.3 Å². The summed E-state index contributed by atoms with van der Waals surface area (Å²) in [5.74, 6) is 0.847. The van der Waals surface area contributed by atoms with E-state index in [0.29, 0.717) is 24.8 Å². The molecule has 0 aliphatic rings. The van der Waals surface area contributed by atoms with Crippen molar-refractivity contribution in [1.29, 1.82) is 0 Å². The maximum atomic E-state index is 11.0. The Morgan fingerprint density at radius 1 is 1.32 bits per heavy atom. The van der Waals surface area contributed by atoms with Crippen LogP contribution in [0.3, 0.4) is 0 Å². The Morgan fingerprint density at radius 3 is 2.47 bits per heavy atom. The number of benzene rings is 1. The quantitative estimate of drug-likeness (QED) is 0.749. The molecule has 1 unspecified atom stereocenters. The highest BCUT2D eigenvalue weighted by Gasteiger charge is 2.06. The molecule has 1 atom stereocenters. The summed E-state index contributed by atoms with van der Waals surface area (Å²) in [5, 5.41) is 12.8. The van der Waals surface area contributed by atoms with Crippen LogP contribution in [0.1, 0.15) is 26.3 Å². The van der Waals surface area contributed by atoms with E-state index in [1.54, 1.807) is 6.92 Å².